The summed E-state index contributed by atoms with van der Waals surface area (Å²) in [6.45, 7) is 1.88. The van der Waals surface area contributed by atoms with Gasteiger partial charge in [0.2, 0.25) is 0 Å². The maximum atomic E-state index is 10.6. The van der Waals surface area contributed by atoms with E-state index in [0.29, 0.717) is 5.75 Å². The summed E-state index contributed by atoms with van der Waals surface area (Å²) in [5.74, 6) is 0.631. The molecule has 1 rings (SSSR count). The van der Waals surface area contributed by atoms with Gasteiger partial charge in [-0.3, -0.25) is 4.79 Å². The fourth-order valence-electron chi connectivity index (χ4n) is 0.968. The zero-order chi connectivity index (χ0) is 7.78. The Labute approximate surface area is 64.0 Å². The van der Waals surface area contributed by atoms with Crippen LogP contribution in [-0.4, -0.2) is 28.1 Å². The summed E-state index contributed by atoms with van der Waals surface area (Å²) >= 11 is 1.61. The Morgan fingerprint density at radius 2 is 2.50 bits per heavy atom. The number of carboxylic acid groups (broad SMARTS) is 1. The minimum Gasteiger partial charge on any atom is -0.480 e. The van der Waals surface area contributed by atoms with Crippen molar-refractivity contribution in [2.75, 3.05) is 11.5 Å². The van der Waals surface area contributed by atoms with E-state index >= 15 is 0 Å². The van der Waals surface area contributed by atoms with Crippen LogP contribution in [0.1, 0.15) is 6.92 Å². The molecule has 2 atom stereocenters. The molecule has 1 saturated heterocycles. The van der Waals surface area contributed by atoms with Crippen LogP contribution < -0.4 is 5.73 Å². The predicted octanol–water partition coefficient (Wildman–Crippen LogP) is 0.151. The van der Waals surface area contributed by atoms with Gasteiger partial charge < -0.3 is 10.8 Å². The van der Waals surface area contributed by atoms with E-state index in [9.17, 15) is 4.79 Å². The van der Waals surface area contributed by atoms with Crippen LogP contribution >= 0.6 is 11.8 Å². The van der Waals surface area contributed by atoms with Crippen molar-refractivity contribution in [2.45, 2.75) is 12.5 Å². The molecule has 1 heterocycles. The van der Waals surface area contributed by atoms with Crippen LogP contribution in [0.15, 0.2) is 0 Å². The van der Waals surface area contributed by atoms with E-state index in [0.717, 1.165) is 5.75 Å². The SMILES string of the molecule is C[C@@H]1CSC[C@@]1(N)C(=O)O. The first-order valence-corrected chi connectivity index (χ1v) is 4.33. The molecule has 0 aromatic rings. The Kier molecular flexibility index (Phi) is 1.92. The summed E-state index contributed by atoms with van der Waals surface area (Å²) in [4.78, 5) is 10.6. The normalized spacial score (nSPS) is 40.0. The number of aliphatic carboxylic acids is 1. The lowest BCUT2D eigenvalue weighted by atomic mass is 9.90. The molecule has 4 heteroatoms. The van der Waals surface area contributed by atoms with Crippen LogP contribution in [0.3, 0.4) is 0 Å². The van der Waals surface area contributed by atoms with Crippen molar-refractivity contribution >= 4 is 17.7 Å². The molecule has 10 heavy (non-hydrogen) atoms. The molecule has 1 aliphatic rings. The molecule has 3 nitrogen and oxygen atoms in total. The van der Waals surface area contributed by atoms with E-state index in [1.54, 1.807) is 11.8 Å². The lowest BCUT2D eigenvalue weighted by Crippen LogP contribution is -2.52. The van der Waals surface area contributed by atoms with Gasteiger partial charge in [0.1, 0.15) is 5.54 Å². The van der Waals surface area contributed by atoms with Gasteiger partial charge in [-0.15, -0.1) is 0 Å². The average Bonchev–Trinajstić information content (AvgIpc) is 2.15. The van der Waals surface area contributed by atoms with Gasteiger partial charge in [-0.1, -0.05) is 6.92 Å². The standard InChI is InChI=1S/C6H11NO2S/c1-4-2-10-3-6(4,7)5(8)9/h4H,2-3,7H2,1H3,(H,8,9)/t4-,6+/m1/s1. The third-order valence-electron chi connectivity index (χ3n) is 1.99. The van der Waals surface area contributed by atoms with Gasteiger partial charge in [-0.25, -0.2) is 0 Å². The van der Waals surface area contributed by atoms with E-state index in [1.807, 2.05) is 6.92 Å². The molecule has 0 aromatic carbocycles. The van der Waals surface area contributed by atoms with Gasteiger partial charge in [-0.2, -0.15) is 11.8 Å². The molecule has 0 aliphatic carbocycles. The van der Waals surface area contributed by atoms with Gasteiger partial charge in [0.25, 0.3) is 0 Å². The second-order valence-corrected chi connectivity index (χ2v) is 3.79. The fourth-order valence-corrected chi connectivity index (χ4v) is 2.48. The van der Waals surface area contributed by atoms with Crippen molar-refractivity contribution in [3.63, 3.8) is 0 Å². The maximum absolute atomic E-state index is 10.6. The zero-order valence-electron chi connectivity index (χ0n) is 5.83. The number of thioether (sulfide) groups is 1. The lowest BCUT2D eigenvalue weighted by Gasteiger charge is -2.21. The fraction of sp³-hybridized carbons (Fsp3) is 0.833. The van der Waals surface area contributed by atoms with E-state index < -0.39 is 11.5 Å². The average molecular weight is 161 g/mol. The molecular weight excluding hydrogens is 150 g/mol. The Morgan fingerprint density at radius 3 is 2.70 bits per heavy atom. The number of hydrogen-bond acceptors (Lipinski definition) is 3. The van der Waals surface area contributed by atoms with Gasteiger partial charge >= 0.3 is 5.97 Å². The minimum atomic E-state index is -0.968. The Balaban J connectivity index is 2.75. The highest BCUT2D eigenvalue weighted by atomic mass is 32.2. The lowest BCUT2D eigenvalue weighted by molar-refractivity contribution is -0.143. The molecule has 0 aromatic heterocycles. The number of nitrogens with two attached hydrogens (primary N) is 1. The Bertz CT molecular complexity index is 162. The molecule has 0 amide bonds. The molecule has 1 fully saturated rings. The quantitative estimate of drug-likeness (QED) is 0.574. The van der Waals surface area contributed by atoms with Crippen molar-refractivity contribution in [1.82, 2.24) is 0 Å². The number of carboxylic acids is 1. The van der Waals surface area contributed by atoms with Crippen molar-refractivity contribution in [3.05, 3.63) is 0 Å². The van der Waals surface area contributed by atoms with Crippen LogP contribution in [-0.2, 0) is 4.79 Å². The van der Waals surface area contributed by atoms with Crippen LogP contribution in [0.4, 0.5) is 0 Å². The molecule has 0 radical (unpaired) electrons. The van der Waals surface area contributed by atoms with Crippen LogP contribution in [0.25, 0.3) is 0 Å². The molecule has 3 N–H and O–H groups in total. The molecule has 0 unspecified atom stereocenters. The first-order valence-electron chi connectivity index (χ1n) is 3.17. The highest BCUT2D eigenvalue weighted by Crippen LogP contribution is 2.31. The predicted molar refractivity (Wildman–Crippen MR) is 41.0 cm³/mol. The molecular formula is C6H11NO2S. The van der Waals surface area contributed by atoms with E-state index in [2.05, 4.69) is 0 Å². The summed E-state index contributed by atoms with van der Waals surface area (Å²) in [6.07, 6.45) is 0. The van der Waals surface area contributed by atoms with Crippen molar-refractivity contribution in [3.8, 4) is 0 Å². The zero-order valence-corrected chi connectivity index (χ0v) is 6.65. The third kappa shape index (κ3) is 1.01. The van der Waals surface area contributed by atoms with Crippen LogP contribution in [0.2, 0.25) is 0 Å². The molecule has 58 valence electrons. The van der Waals surface area contributed by atoms with Crippen molar-refractivity contribution in [2.24, 2.45) is 11.7 Å². The van der Waals surface area contributed by atoms with Crippen molar-refractivity contribution in [1.29, 1.82) is 0 Å². The summed E-state index contributed by atoms with van der Waals surface area (Å²) in [7, 11) is 0. The smallest absolute Gasteiger partial charge is 0.324 e. The molecule has 0 spiro atoms. The van der Waals surface area contributed by atoms with E-state index in [-0.39, 0.29) is 5.92 Å². The van der Waals surface area contributed by atoms with E-state index in [1.165, 1.54) is 0 Å². The third-order valence-corrected chi connectivity index (χ3v) is 3.40. The maximum Gasteiger partial charge on any atom is 0.324 e. The van der Waals surface area contributed by atoms with Gasteiger partial charge in [0, 0.05) is 5.75 Å². The van der Waals surface area contributed by atoms with Gasteiger partial charge in [0.05, 0.1) is 0 Å². The monoisotopic (exact) mass is 161 g/mol. The number of rotatable bonds is 1. The van der Waals surface area contributed by atoms with Crippen LogP contribution in [0.5, 0.6) is 0 Å². The number of carbonyl (C=O) groups is 1. The second kappa shape index (κ2) is 2.43. The van der Waals surface area contributed by atoms with Gasteiger partial charge in [-0.05, 0) is 11.7 Å². The Morgan fingerprint density at radius 1 is 1.90 bits per heavy atom. The number of hydrogen-bond donors (Lipinski definition) is 2. The summed E-state index contributed by atoms with van der Waals surface area (Å²) in [6, 6.07) is 0. The Hall–Kier alpha value is -0.220. The minimum absolute atomic E-state index is 0.0926. The highest BCUT2D eigenvalue weighted by molar-refractivity contribution is 7.99. The topological polar surface area (TPSA) is 63.3 Å². The largest absolute Gasteiger partial charge is 0.480 e. The summed E-state index contributed by atoms with van der Waals surface area (Å²) in [5, 5.41) is 8.70. The second-order valence-electron chi connectivity index (χ2n) is 2.76. The molecule has 1 aliphatic heterocycles. The first-order chi connectivity index (χ1) is 4.57. The van der Waals surface area contributed by atoms with Gasteiger partial charge in [0.15, 0.2) is 0 Å². The molecule has 0 saturated carbocycles. The molecule has 0 bridgehead atoms. The van der Waals surface area contributed by atoms with Crippen LogP contribution in [0, 0.1) is 5.92 Å². The highest BCUT2D eigenvalue weighted by Gasteiger charge is 2.43. The summed E-state index contributed by atoms with van der Waals surface area (Å²) in [5.41, 5.74) is 4.66. The first kappa shape index (κ1) is 7.88. The summed E-state index contributed by atoms with van der Waals surface area (Å²) < 4.78 is 0. The van der Waals surface area contributed by atoms with E-state index in [4.69, 9.17) is 10.8 Å². The van der Waals surface area contributed by atoms with Crippen molar-refractivity contribution < 1.29 is 9.90 Å².